The van der Waals surface area contributed by atoms with E-state index in [2.05, 4.69) is 10.3 Å². The molecule has 0 aromatic carbocycles. The Labute approximate surface area is 90.3 Å². The Morgan fingerprint density at radius 2 is 2.40 bits per heavy atom. The summed E-state index contributed by atoms with van der Waals surface area (Å²) in [4.78, 5) is 4.04. The molecule has 1 aromatic rings. The van der Waals surface area contributed by atoms with Crippen molar-refractivity contribution in [2.75, 3.05) is 6.54 Å². The van der Waals surface area contributed by atoms with E-state index in [1.807, 2.05) is 11.6 Å². The number of aryl methyl sites for hydroxylation is 1. The van der Waals surface area contributed by atoms with Crippen LogP contribution in [0.4, 0.5) is 0 Å². The van der Waals surface area contributed by atoms with Gasteiger partial charge in [-0.2, -0.15) is 0 Å². The minimum absolute atomic E-state index is 0.183. The van der Waals surface area contributed by atoms with E-state index in [1.165, 1.54) is 19.3 Å². The first kappa shape index (κ1) is 10.6. The molecule has 1 aliphatic heterocycles. The molecule has 0 bridgehead atoms. The van der Waals surface area contributed by atoms with Gasteiger partial charge in [0.05, 0.1) is 18.2 Å². The average molecular weight is 209 g/mol. The summed E-state index contributed by atoms with van der Waals surface area (Å²) in [6.45, 7) is 1.01. The van der Waals surface area contributed by atoms with Gasteiger partial charge in [0, 0.05) is 13.1 Å². The number of aliphatic hydroxyl groups is 1. The third-order valence-electron chi connectivity index (χ3n) is 3.14. The lowest BCUT2D eigenvalue weighted by atomic mass is 10.0. The van der Waals surface area contributed by atoms with Crippen molar-refractivity contribution in [2.24, 2.45) is 7.05 Å². The summed E-state index contributed by atoms with van der Waals surface area (Å²) < 4.78 is 1.89. The maximum Gasteiger partial charge on any atom is 0.111 e. The lowest BCUT2D eigenvalue weighted by molar-refractivity contribution is 0.119. The summed E-state index contributed by atoms with van der Waals surface area (Å²) in [5.74, 6) is 0. The summed E-state index contributed by atoms with van der Waals surface area (Å²) in [6, 6.07) is 0.183. The van der Waals surface area contributed by atoms with Crippen molar-refractivity contribution in [2.45, 2.75) is 37.8 Å². The summed E-state index contributed by atoms with van der Waals surface area (Å²) in [5, 5.41) is 13.6. The lowest BCUT2D eigenvalue weighted by Crippen LogP contribution is -2.34. The molecule has 2 N–H and O–H groups in total. The van der Waals surface area contributed by atoms with Gasteiger partial charge in [0.25, 0.3) is 0 Å². The highest BCUT2D eigenvalue weighted by atomic mass is 16.3. The van der Waals surface area contributed by atoms with Crippen LogP contribution in [0.3, 0.4) is 0 Å². The second-order valence-electron chi connectivity index (χ2n) is 4.28. The maximum absolute atomic E-state index is 10.2. The number of nitrogens with one attached hydrogen (secondary N) is 1. The fourth-order valence-corrected chi connectivity index (χ4v) is 2.18. The second kappa shape index (κ2) is 4.77. The number of aromatic nitrogens is 2. The van der Waals surface area contributed by atoms with Crippen molar-refractivity contribution < 1.29 is 5.11 Å². The maximum atomic E-state index is 10.2. The van der Waals surface area contributed by atoms with Crippen LogP contribution in [0.1, 0.15) is 37.5 Å². The van der Waals surface area contributed by atoms with Gasteiger partial charge >= 0.3 is 0 Å². The Morgan fingerprint density at radius 3 is 3.13 bits per heavy atom. The van der Waals surface area contributed by atoms with Crippen molar-refractivity contribution in [3.05, 3.63) is 18.2 Å². The molecule has 1 aromatic heterocycles. The molecule has 4 heteroatoms. The van der Waals surface area contributed by atoms with Gasteiger partial charge in [0.15, 0.2) is 0 Å². The largest absolute Gasteiger partial charge is 0.385 e. The van der Waals surface area contributed by atoms with Crippen LogP contribution in [0, 0.1) is 0 Å². The molecule has 0 radical (unpaired) electrons. The van der Waals surface area contributed by atoms with Gasteiger partial charge in [-0.1, -0.05) is 12.8 Å². The zero-order valence-corrected chi connectivity index (χ0v) is 9.19. The fraction of sp³-hybridized carbons (Fsp3) is 0.727. The molecule has 1 saturated heterocycles. The molecule has 84 valence electrons. The predicted octanol–water partition coefficient (Wildman–Crippen LogP) is 0.986. The molecule has 1 fully saturated rings. The van der Waals surface area contributed by atoms with Gasteiger partial charge in [0.1, 0.15) is 6.10 Å². The molecule has 0 amide bonds. The SMILES string of the molecule is Cn1cncc1C(O)C1CCCCCN1. The molecular weight excluding hydrogens is 190 g/mol. The number of imidazole rings is 1. The van der Waals surface area contributed by atoms with E-state index in [4.69, 9.17) is 0 Å². The van der Waals surface area contributed by atoms with Crippen molar-refractivity contribution >= 4 is 0 Å². The molecule has 0 spiro atoms. The van der Waals surface area contributed by atoms with Crippen LogP contribution >= 0.6 is 0 Å². The number of rotatable bonds is 2. The van der Waals surface area contributed by atoms with E-state index in [0.717, 1.165) is 18.7 Å². The van der Waals surface area contributed by atoms with Gasteiger partial charge in [-0.3, -0.25) is 0 Å². The van der Waals surface area contributed by atoms with E-state index in [1.54, 1.807) is 12.5 Å². The van der Waals surface area contributed by atoms with Crippen LogP contribution < -0.4 is 5.32 Å². The molecule has 2 unspecified atom stereocenters. The van der Waals surface area contributed by atoms with Crippen LogP contribution in [0.15, 0.2) is 12.5 Å². The Bertz CT molecular complexity index is 303. The summed E-state index contributed by atoms with van der Waals surface area (Å²) in [7, 11) is 1.92. The molecule has 15 heavy (non-hydrogen) atoms. The summed E-state index contributed by atoms with van der Waals surface area (Å²) in [6.07, 6.45) is 7.78. The van der Waals surface area contributed by atoms with E-state index in [-0.39, 0.29) is 6.04 Å². The Hall–Kier alpha value is -0.870. The number of hydrogen-bond donors (Lipinski definition) is 2. The van der Waals surface area contributed by atoms with E-state index >= 15 is 0 Å². The van der Waals surface area contributed by atoms with Crippen LogP contribution in [-0.4, -0.2) is 27.2 Å². The van der Waals surface area contributed by atoms with Crippen LogP contribution in [0.5, 0.6) is 0 Å². The summed E-state index contributed by atoms with van der Waals surface area (Å²) in [5.41, 5.74) is 0.898. The monoisotopic (exact) mass is 209 g/mol. The van der Waals surface area contributed by atoms with Crippen LogP contribution in [0.2, 0.25) is 0 Å². The zero-order valence-electron chi connectivity index (χ0n) is 9.19. The normalized spacial score (nSPS) is 24.8. The topological polar surface area (TPSA) is 50.1 Å². The highest BCUT2D eigenvalue weighted by Gasteiger charge is 2.23. The van der Waals surface area contributed by atoms with Gasteiger partial charge in [-0.25, -0.2) is 4.98 Å². The fourth-order valence-electron chi connectivity index (χ4n) is 2.18. The third-order valence-corrected chi connectivity index (χ3v) is 3.14. The smallest absolute Gasteiger partial charge is 0.111 e. The first-order valence-corrected chi connectivity index (χ1v) is 5.66. The lowest BCUT2D eigenvalue weighted by Gasteiger charge is -2.22. The molecule has 2 atom stereocenters. The Morgan fingerprint density at radius 1 is 1.53 bits per heavy atom. The Balaban J connectivity index is 2.06. The van der Waals surface area contributed by atoms with Crippen molar-refractivity contribution in [1.29, 1.82) is 0 Å². The minimum atomic E-state index is -0.435. The van der Waals surface area contributed by atoms with Gasteiger partial charge in [0.2, 0.25) is 0 Å². The van der Waals surface area contributed by atoms with Crippen LogP contribution in [0.25, 0.3) is 0 Å². The van der Waals surface area contributed by atoms with Crippen LogP contribution in [-0.2, 0) is 7.05 Å². The molecule has 0 aliphatic carbocycles. The molecule has 2 rings (SSSR count). The first-order valence-electron chi connectivity index (χ1n) is 5.66. The number of hydrogen-bond acceptors (Lipinski definition) is 3. The zero-order chi connectivity index (χ0) is 10.7. The predicted molar refractivity (Wildman–Crippen MR) is 58.4 cm³/mol. The van der Waals surface area contributed by atoms with E-state index in [0.29, 0.717) is 0 Å². The first-order chi connectivity index (χ1) is 7.29. The molecule has 4 nitrogen and oxygen atoms in total. The molecule has 0 saturated carbocycles. The van der Waals surface area contributed by atoms with Crippen molar-refractivity contribution in [3.8, 4) is 0 Å². The van der Waals surface area contributed by atoms with Gasteiger partial charge < -0.3 is 15.0 Å². The van der Waals surface area contributed by atoms with Crippen molar-refractivity contribution in [3.63, 3.8) is 0 Å². The summed E-state index contributed by atoms with van der Waals surface area (Å²) >= 11 is 0. The van der Waals surface area contributed by atoms with E-state index < -0.39 is 6.10 Å². The van der Waals surface area contributed by atoms with Gasteiger partial charge in [-0.05, 0) is 19.4 Å². The highest BCUT2D eigenvalue weighted by molar-refractivity contribution is 5.05. The molecular formula is C11H19N3O. The standard InChI is InChI=1S/C11H19N3O/c1-14-8-12-7-10(14)11(15)9-5-3-2-4-6-13-9/h7-9,11,13,15H,2-6H2,1H3. The average Bonchev–Trinajstić information content (AvgIpc) is 2.53. The molecule has 1 aliphatic rings. The quantitative estimate of drug-likeness (QED) is 0.763. The molecule has 2 heterocycles. The van der Waals surface area contributed by atoms with Crippen molar-refractivity contribution in [1.82, 2.24) is 14.9 Å². The number of nitrogens with zero attached hydrogens (tertiary/aromatic N) is 2. The third kappa shape index (κ3) is 2.38. The van der Waals surface area contributed by atoms with E-state index in [9.17, 15) is 5.11 Å². The minimum Gasteiger partial charge on any atom is -0.385 e. The Kier molecular flexibility index (Phi) is 3.38. The second-order valence-corrected chi connectivity index (χ2v) is 4.28. The highest BCUT2D eigenvalue weighted by Crippen LogP contribution is 2.21. The van der Waals surface area contributed by atoms with Gasteiger partial charge in [-0.15, -0.1) is 0 Å². The number of aliphatic hydroxyl groups excluding tert-OH is 1.